The summed E-state index contributed by atoms with van der Waals surface area (Å²) in [6.45, 7) is 6.29. The zero-order valence-corrected chi connectivity index (χ0v) is 33.4. The van der Waals surface area contributed by atoms with Gasteiger partial charge in [-0.05, 0) is 101 Å². The Morgan fingerprint density at radius 2 is 1.61 bits per heavy atom. The van der Waals surface area contributed by atoms with Crippen molar-refractivity contribution in [1.82, 2.24) is 20.2 Å². The van der Waals surface area contributed by atoms with Crippen molar-refractivity contribution in [3.8, 4) is 27.4 Å². The molecule has 2 aromatic heterocycles. The molecule has 1 atom stereocenters. The number of hydrogen-bond donors (Lipinski definition) is 1. The molecule has 0 aliphatic carbocycles. The lowest BCUT2D eigenvalue weighted by Gasteiger charge is -2.27. The van der Waals surface area contributed by atoms with Gasteiger partial charge in [0, 0.05) is 50.1 Å². The van der Waals surface area contributed by atoms with Crippen LogP contribution in [0.25, 0.3) is 31.9 Å². The van der Waals surface area contributed by atoms with E-state index in [-0.39, 0.29) is 24.0 Å². The molecular formula is C43H44N6O7S. The van der Waals surface area contributed by atoms with Gasteiger partial charge >= 0.3 is 6.09 Å². The van der Waals surface area contributed by atoms with E-state index in [1.165, 1.54) is 12.1 Å². The number of nitrogens with zero attached hydrogens (tertiary/aromatic N) is 5. The monoisotopic (exact) mass is 788 g/mol. The van der Waals surface area contributed by atoms with E-state index >= 15 is 0 Å². The number of nitrogens with one attached hydrogen (secondary N) is 1. The molecule has 5 amide bonds. The van der Waals surface area contributed by atoms with Crippen LogP contribution < -0.4 is 19.9 Å². The first-order valence-electron chi connectivity index (χ1n) is 18.9. The van der Waals surface area contributed by atoms with E-state index in [0.717, 1.165) is 54.7 Å². The Labute approximate surface area is 334 Å². The molecule has 1 N–H and O–H groups in total. The number of anilines is 2. The van der Waals surface area contributed by atoms with Crippen LogP contribution in [-0.4, -0.2) is 83.5 Å². The standard InChI is InChI=1S/C43H44N6O7S/c1-43(2,3)56-42(54)48(21-7-6-8-22-55-30-15-16-31-32(24-30)41(53)49(40(31)52)34-18-20-37(50)46-38(34)51)29-14-17-33-35(23-29)57-39(45-33)27-11-9-26(10-12-27)28-13-19-36(44-25-28)47(4)5/h9-17,19,23-25,34H,6-8,18,20-22H2,1-5H3,(H,46,50,51). The van der Waals surface area contributed by atoms with E-state index < -0.39 is 41.4 Å². The predicted molar refractivity (Wildman–Crippen MR) is 219 cm³/mol. The van der Waals surface area contributed by atoms with E-state index in [4.69, 9.17) is 14.5 Å². The maximum Gasteiger partial charge on any atom is 0.414 e. The minimum absolute atomic E-state index is 0.0543. The molecule has 2 aliphatic rings. The van der Waals surface area contributed by atoms with Gasteiger partial charge < -0.3 is 14.4 Å². The number of imide groups is 2. The second-order valence-electron chi connectivity index (χ2n) is 15.2. The lowest BCUT2D eigenvalue weighted by molar-refractivity contribution is -0.136. The third-order valence-electron chi connectivity index (χ3n) is 9.67. The lowest BCUT2D eigenvalue weighted by Crippen LogP contribution is -2.54. The Bertz CT molecular complexity index is 2350. The van der Waals surface area contributed by atoms with E-state index in [9.17, 15) is 24.0 Å². The summed E-state index contributed by atoms with van der Waals surface area (Å²) in [5, 5.41) is 3.08. The van der Waals surface area contributed by atoms with Crippen LogP contribution in [0.5, 0.6) is 5.75 Å². The van der Waals surface area contributed by atoms with Crippen molar-refractivity contribution in [2.45, 2.75) is 64.5 Å². The number of piperidine rings is 1. The van der Waals surface area contributed by atoms with Gasteiger partial charge in [0.15, 0.2) is 0 Å². The number of carbonyl (C=O) groups excluding carboxylic acids is 5. The van der Waals surface area contributed by atoms with E-state index in [1.807, 2.05) is 70.2 Å². The lowest BCUT2D eigenvalue weighted by atomic mass is 10.0. The van der Waals surface area contributed by atoms with Crippen molar-refractivity contribution in [2.75, 3.05) is 37.0 Å². The highest BCUT2D eigenvalue weighted by molar-refractivity contribution is 7.21. The van der Waals surface area contributed by atoms with Crippen LogP contribution >= 0.6 is 11.3 Å². The number of hydrogen-bond acceptors (Lipinski definition) is 11. The van der Waals surface area contributed by atoms with E-state index in [2.05, 4.69) is 40.6 Å². The Morgan fingerprint density at radius 3 is 2.32 bits per heavy atom. The van der Waals surface area contributed by atoms with Gasteiger partial charge in [-0.1, -0.05) is 24.3 Å². The van der Waals surface area contributed by atoms with Gasteiger partial charge in [-0.25, -0.2) is 14.8 Å². The molecule has 1 fully saturated rings. The molecule has 0 radical (unpaired) electrons. The minimum atomic E-state index is -1.03. The van der Waals surface area contributed by atoms with Gasteiger partial charge in [0.25, 0.3) is 11.8 Å². The topological polar surface area (TPSA) is 151 Å². The fraction of sp³-hybridized carbons (Fsp3) is 0.326. The third-order valence-corrected chi connectivity index (χ3v) is 10.7. The SMILES string of the molecule is CN(C)c1ccc(-c2ccc(-c3nc4ccc(N(CCCCCOc5ccc6c(c5)C(=O)N(C5CCC(=O)NC5=O)C6=O)C(=O)OC(C)(C)C)cc4s3)cc2)cn1. The number of aromatic nitrogens is 2. The summed E-state index contributed by atoms with van der Waals surface area (Å²) in [4.78, 5) is 77.6. The van der Waals surface area contributed by atoms with Crippen molar-refractivity contribution in [3.05, 3.63) is 90.1 Å². The number of rotatable bonds is 12. The van der Waals surface area contributed by atoms with Crippen molar-refractivity contribution in [2.24, 2.45) is 0 Å². The molecule has 4 heterocycles. The molecule has 294 valence electrons. The maximum atomic E-state index is 13.5. The number of thiazole rings is 1. The molecule has 13 nitrogen and oxygen atoms in total. The van der Waals surface area contributed by atoms with Crippen LogP contribution in [-0.2, 0) is 14.3 Å². The van der Waals surface area contributed by atoms with Crippen LogP contribution in [0.1, 0.15) is 73.6 Å². The molecule has 5 aromatic rings. The number of unbranched alkanes of at least 4 members (excludes halogenated alkanes) is 2. The van der Waals surface area contributed by atoms with Crippen LogP contribution in [0.3, 0.4) is 0 Å². The van der Waals surface area contributed by atoms with Crippen LogP contribution in [0.2, 0.25) is 0 Å². The number of carbonyl (C=O) groups is 5. The molecule has 3 aromatic carbocycles. The van der Waals surface area contributed by atoms with Crippen LogP contribution in [0.4, 0.5) is 16.3 Å². The van der Waals surface area contributed by atoms with Gasteiger partial charge in [-0.15, -0.1) is 11.3 Å². The molecule has 1 saturated heterocycles. The van der Waals surface area contributed by atoms with Gasteiger partial charge in [-0.2, -0.15) is 0 Å². The molecule has 2 aliphatic heterocycles. The Morgan fingerprint density at radius 1 is 0.877 bits per heavy atom. The number of amides is 5. The first-order valence-corrected chi connectivity index (χ1v) is 19.7. The molecular weight excluding hydrogens is 745 g/mol. The molecule has 1 unspecified atom stereocenters. The van der Waals surface area contributed by atoms with E-state index in [0.29, 0.717) is 31.7 Å². The summed E-state index contributed by atoms with van der Waals surface area (Å²) in [7, 11) is 3.93. The van der Waals surface area contributed by atoms with Gasteiger partial charge in [0.2, 0.25) is 11.8 Å². The Balaban J connectivity index is 0.967. The molecule has 7 rings (SSSR count). The largest absolute Gasteiger partial charge is 0.494 e. The number of fused-ring (bicyclic) bond motifs is 2. The van der Waals surface area contributed by atoms with Crippen molar-refractivity contribution >= 4 is 62.8 Å². The van der Waals surface area contributed by atoms with Gasteiger partial charge in [-0.3, -0.25) is 34.3 Å². The second-order valence-corrected chi connectivity index (χ2v) is 16.3. The number of benzene rings is 3. The minimum Gasteiger partial charge on any atom is -0.494 e. The normalized spacial score (nSPS) is 15.5. The van der Waals surface area contributed by atoms with Crippen LogP contribution in [0.15, 0.2) is 79.0 Å². The average molecular weight is 789 g/mol. The molecule has 0 spiro atoms. The zero-order chi connectivity index (χ0) is 40.4. The highest BCUT2D eigenvalue weighted by Crippen LogP contribution is 2.35. The zero-order valence-electron chi connectivity index (χ0n) is 32.5. The first kappa shape index (κ1) is 39.1. The summed E-state index contributed by atoms with van der Waals surface area (Å²) in [5.74, 6) is -0.898. The maximum absolute atomic E-state index is 13.5. The third kappa shape index (κ3) is 8.65. The number of ether oxygens (including phenoxy) is 2. The van der Waals surface area contributed by atoms with Gasteiger partial charge in [0.05, 0.1) is 28.0 Å². The van der Waals surface area contributed by atoms with E-state index in [1.54, 1.807) is 22.3 Å². The van der Waals surface area contributed by atoms with Crippen molar-refractivity contribution in [3.63, 3.8) is 0 Å². The fourth-order valence-corrected chi connectivity index (χ4v) is 7.76. The quantitative estimate of drug-likeness (QED) is 0.0995. The molecule has 14 heteroatoms. The Kier molecular flexibility index (Phi) is 11.1. The summed E-state index contributed by atoms with van der Waals surface area (Å²) >= 11 is 1.56. The summed E-state index contributed by atoms with van der Waals surface area (Å²) in [5.41, 5.74) is 4.34. The number of pyridine rings is 1. The van der Waals surface area contributed by atoms with Gasteiger partial charge in [0.1, 0.15) is 28.2 Å². The first-order chi connectivity index (χ1) is 27.3. The predicted octanol–water partition coefficient (Wildman–Crippen LogP) is 7.48. The van der Waals surface area contributed by atoms with Crippen LogP contribution in [0, 0.1) is 0 Å². The Hall–Kier alpha value is -6.15. The molecule has 0 saturated carbocycles. The second kappa shape index (κ2) is 16.1. The highest BCUT2D eigenvalue weighted by Gasteiger charge is 2.44. The smallest absolute Gasteiger partial charge is 0.414 e. The molecule has 57 heavy (non-hydrogen) atoms. The van der Waals surface area contributed by atoms with Crippen molar-refractivity contribution in [1.29, 1.82) is 0 Å². The fourth-order valence-electron chi connectivity index (χ4n) is 6.75. The average Bonchev–Trinajstić information content (AvgIpc) is 3.71. The summed E-state index contributed by atoms with van der Waals surface area (Å²) < 4.78 is 12.7. The summed E-state index contributed by atoms with van der Waals surface area (Å²) in [6.07, 6.45) is 3.67. The molecule has 0 bridgehead atoms. The summed E-state index contributed by atoms with van der Waals surface area (Å²) in [6, 6.07) is 21.8. The highest BCUT2D eigenvalue weighted by atomic mass is 32.1. The van der Waals surface area contributed by atoms with Crippen molar-refractivity contribution < 1.29 is 33.4 Å².